The highest BCUT2D eigenvalue weighted by atomic mass is 19.4. The summed E-state index contributed by atoms with van der Waals surface area (Å²) in [5, 5.41) is 0. The zero-order valence-electron chi connectivity index (χ0n) is 8.69. The van der Waals surface area contributed by atoms with Gasteiger partial charge in [0.05, 0.1) is 5.92 Å². The largest absolute Gasteiger partial charge is 0.391 e. The fourth-order valence-electron chi connectivity index (χ4n) is 2.16. The second-order valence-electron chi connectivity index (χ2n) is 4.92. The first kappa shape index (κ1) is 11.8. The molecule has 0 radical (unpaired) electrons. The van der Waals surface area contributed by atoms with Crippen LogP contribution in [0.2, 0.25) is 0 Å². The molecule has 0 spiro atoms. The molecule has 14 heavy (non-hydrogen) atoms. The molecule has 1 aliphatic rings. The molecule has 0 aliphatic heterocycles. The second kappa shape index (κ2) is 3.72. The van der Waals surface area contributed by atoms with Gasteiger partial charge in [0.15, 0.2) is 0 Å². The molecule has 1 fully saturated rings. The van der Waals surface area contributed by atoms with Crippen molar-refractivity contribution in [1.82, 2.24) is 0 Å². The van der Waals surface area contributed by atoms with Crippen molar-refractivity contribution in [1.29, 1.82) is 0 Å². The number of hydrogen-bond donors (Lipinski definition) is 1. The summed E-state index contributed by atoms with van der Waals surface area (Å²) < 4.78 is 37.4. The first-order valence-corrected chi connectivity index (χ1v) is 5.07. The molecule has 4 heteroatoms. The van der Waals surface area contributed by atoms with Crippen LogP contribution >= 0.6 is 0 Å². The lowest BCUT2D eigenvalue weighted by molar-refractivity contribution is -0.187. The predicted molar refractivity (Wildman–Crippen MR) is 49.8 cm³/mol. The summed E-state index contributed by atoms with van der Waals surface area (Å²) >= 11 is 0. The van der Waals surface area contributed by atoms with Gasteiger partial charge in [0, 0.05) is 5.54 Å². The zero-order chi connectivity index (χ0) is 11.0. The van der Waals surface area contributed by atoms with E-state index in [1.807, 2.05) is 13.8 Å². The first-order valence-electron chi connectivity index (χ1n) is 5.07. The Bertz CT molecular complexity index is 173. The van der Waals surface area contributed by atoms with Crippen molar-refractivity contribution < 1.29 is 13.2 Å². The van der Waals surface area contributed by atoms with Gasteiger partial charge in [-0.2, -0.15) is 13.2 Å². The summed E-state index contributed by atoms with van der Waals surface area (Å²) in [5.41, 5.74) is 5.37. The number of rotatable bonds is 1. The molecule has 1 saturated carbocycles. The van der Waals surface area contributed by atoms with Crippen molar-refractivity contribution in [3.63, 3.8) is 0 Å². The monoisotopic (exact) mass is 209 g/mol. The lowest BCUT2D eigenvalue weighted by Gasteiger charge is -2.38. The minimum Gasteiger partial charge on any atom is -0.325 e. The second-order valence-corrected chi connectivity index (χ2v) is 4.92. The topological polar surface area (TPSA) is 26.0 Å². The van der Waals surface area contributed by atoms with Crippen LogP contribution < -0.4 is 5.73 Å². The number of hydrogen-bond acceptors (Lipinski definition) is 1. The lowest BCUT2D eigenvalue weighted by Crippen LogP contribution is -2.44. The van der Waals surface area contributed by atoms with Crippen LogP contribution in [0.5, 0.6) is 0 Å². The van der Waals surface area contributed by atoms with E-state index in [4.69, 9.17) is 5.73 Å². The molecule has 2 N–H and O–H groups in total. The summed E-state index contributed by atoms with van der Waals surface area (Å²) in [5.74, 6) is -1.13. The van der Waals surface area contributed by atoms with E-state index in [0.29, 0.717) is 6.42 Å². The molecule has 0 saturated heterocycles. The van der Waals surface area contributed by atoms with Crippen LogP contribution in [0, 0.1) is 11.8 Å². The minimum absolute atomic E-state index is 0.00266. The standard InChI is InChI=1S/C10H18F3N/c1-9(2,14)7-4-3-5-8(6-7)10(11,12)13/h7-8H,3-6,14H2,1-2H3. The van der Waals surface area contributed by atoms with E-state index < -0.39 is 17.6 Å². The molecule has 1 aliphatic carbocycles. The van der Waals surface area contributed by atoms with Gasteiger partial charge in [-0.25, -0.2) is 0 Å². The van der Waals surface area contributed by atoms with Gasteiger partial charge in [0.25, 0.3) is 0 Å². The summed E-state index contributed by atoms with van der Waals surface area (Å²) in [4.78, 5) is 0. The van der Waals surface area contributed by atoms with Crippen molar-refractivity contribution >= 4 is 0 Å². The molecule has 0 aromatic rings. The molecular weight excluding hydrogens is 191 g/mol. The van der Waals surface area contributed by atoms with Gasteiger partial charge in [-0.1, -0.05) is 6.42 Å². The Hall–Kier alpha value is -0.250. The minimum atomic E-state index is -4.04. The van der Waals surface area contributed by atoms with Gasteiger partial charge < -0.3 is 5.73 Å². The fourth-order valence-corrected chi connectivity index (χ4v) is 2.16. The maximum Gasteiger partial charge on any atom is 0.391 e. The zero-order valence-corrected chi connectivity index (χ0v) is 8.69. The SMILES string of the molecule is CC(C)(N)C1CCCC(C(F)(F)F)C1. The van der Waals surface area contributed by atoms with Crippen LogP contribution in [0.4, 0.5) is 13.2 Å². The predicted octanol–water partition coefficient (Wildman–Crippen LogP) is 3.09. The van der Waals surface area contributed by atoms with E-state index in [-0.39, 0.29) is 18.8 Å². The molecule has 0 bridgehead atoms. The lowest BCUT2D eigenvalue weighted by atomic mass is 9.73. The molecule has 1 nitrogen and oxygen atoms in total. The smallest absolute Gasteiger partial charge is 0.325 e. The Morgan fingerprint density at radius 2 is 1.57 bits per heavy atom. The van der Waals surface area contributed by atoms with Crippen LogP contribution in [-0.4, -0.2) is 11.7 Å². The summed E-state index contributed by atoms with van der Waals surface area (Å²) in [6.07, 6.45) is -2.08. The van der Waals surface area contributed by atoms with E-state index >= 15 is 0 Å². The van der Waals surface area contributed by atoms with E-state index in [1.165, 1.54) is 0 Å². The Balaban J connectivity index is 2.61. The number of alkyl halides is 3. The molecule has 84 valence electrons. The maximum absolute atomic E-state index is 12.5. The van der Waals surface area contributed by atoms with E-state index in [2.05, 4.69) is 0 Å². The molecular formula is C10H18F3N. The molecule has 1 rings (SSSR count). The quantitative estimate of drug-likeness (QED) is 0.705. The van der Waals surface area contributed by atoms with Crippen molar-refractivity contribution in [3.8, 4) is 0 Å². The Morgan fingerprint density at radius 3 is 2.00 bits per heavy atom. The Morgan fingerprint density at radius 1 is 1.07 bits per heavy atom. The third-order valence-corrected chi connectivity index (χ3v) is 3.19. The summed E-state index contributed by atoms with van der Waals surface area (Å²) in [6, 6.07) is 0. The van der Waals surface area contributed by atoms with E-state index in [1.54, 1.807) is 0 Å². The van der Waals surface area contributed by atoms with Crippen molar-refractivity contribution in [2.24, 2.45) is 17.6 Å². The summed E-state index contributed by atoms with van der Waals surface area (Å²) in [6.45, 7) is 3.63. The molecule has 0 heterocycles. The molecule has 2 unspecified atom stereocenters. The highest BCUT2D eigenvalue weighted by molar-refractivity contribution is 4.88. The van der Waals surface area contributed by atoms with Crippen LogP contribution in [0.1, 0.15) is 39.5 Å². The van der Waals surface area contributed by atoms with Crippen LogP contribution in [-0.2, 0) is 0 Å². The van der Waals surface area contributed by atoms with Gasteiger partial charge in [0.1, 0.15) is 0 Å². The number of halogens is 3. The average molecular weight is 209 g/mol. The first-order chi connectivity index (χ1) is 6.21. The molecule has 0 amide bonds. The third kappa shape index (κ3) is 2.87. The van der Waals surface area contributed by atoms with Gasteiger partial charge >= 0.3 is 6.18 Å². The third-order valence-electron chi connectivity index (χ3n) is 3.19. The van der Waals surface area contributed by atoms with Gasteiger partial charge in [-0.05, 0) is 39.0 Å². The van der Waals surface area contributed by atoms with E-state index in [0.717, 1.165) is 6.42 Å². The molecule has 2 atom stereocenters. The van der Waals surface area contributed by atoms with Crippen LogP contribution in [0.25, 0.3) is 0 Å². The van der Waals surface area contributed by atoms with Crippen molar-refractivity contribution in [2.45, 2.75) is 51.2 Å². The highest BCUT2D eigenvalue weighted by Crippen LogP contribution is 2.42. The van der Waals surface area contributed by atoms with Gasteiger partial charge in [-0.3, -0.25) is 0 Å². The maximum atomic E-state index is 12.5. The van der Waals surface area contributed by atoms with Crippen molar-refractivity contribution in [2.75, 3.05) is 0 Å². The normalized spacial score (nSPS) is 30.4. The molecule has 0 aromatic carbocycles. The van der Waals surface area contributed by atoms with Gasteiger partial charge in [0.2, 0.25) is 0 Å². The van der Waals surface area contributed by atoms with E-state index in [9.17, 15) is 13.2 Å². The fraction of sp³-hybridized carbons (Fsp3) is 1.00. The Kier molecular flexibility index (Phi) is 3.14. The van der Waals surface area contributed by atoms with Crippen LogP contribution in [0.15, 0.2) is 0 Å². The van der Waals surface area contributed by atoms with Crippen LogP contribution in [0.3, 0.4) is 0 Å². The van der Waals surface area contributed by atoms with Crippen molar-refractivity contribution in [3.05, 3.63) is 0 Å². The van der Waals surface area contributed by atoms with Gasteiger partial charge in [-0.15, -0.1) is 0 Å². The molecule has 0 aromatic heterocycles. The Labute approximate surface area is 82.9 Å². The average Bonchev–Trinajstić information content (AvgIpc) is 2.01. The highest BCUT2D eigenvalue weighted by Gasteiger charge is 2.44. The number of nitrogens with two attached hydrogens (primary N) is 1. The summed E-state index contributed by atoms with van der Waals surface area (Å²) in [7, 11) is 0.